The molecule has 0 bridgehead atoms. The van der Waals surface area contributed by atoms with E-state index in [-0.39, 0.29) is 12.0 Å². The van der Waals surface area contributed by atoms with E-state index in [1.165, 1.54) is 0 Å². The van der Waals surface area contributed by atoms with Gasteiger partial charge in [0.1, 0.15) is 5.60 Å². The van der Waals surface area contributed by atoms with E-state index in [4.69, 9.17) is 10.5 Å². The summed E-state index contributed by atoms with van der Waals surface area (Å²) in [7, 11) is 0. The number of carbonyl (C=O) groups excluding carboxylic acids is 2. The van der Waals surface area contributed by atoms with Gasteiger partial charge in [0.05, 0.1) is 0 Å². The number of carbonyl (C=O) groups is 2. The maximum atomic E-state index is 12.5. The number of nitrogens with zero attached hydrogens (tertiary/aromatic N) is 2. The van der Waals surface area contributed by atoms with Crippen molar-refractivity contribution in [2.45, 2.75) is 32.9 Å². The van der Waals surface area contributed by atoms with Crippen LogP contribution in [0.5, 0.6) is 0 Å². The third-order valence-electron chi connectivity index (χ3n) is 3.66. The smallest absolute Gasteiger partial charge is 0.410 e. The van der Waals surface area contributed by atoms with E-state index in [9.17, 15) is 9.59 Å². The van der Waals surface area contributed by atoms with Crippen molar-refractivity contribution in [1.82, 2.24) is 9.80 Å². The average Bonchev–Trinajstić information content (AvgIpc) is 2.53. The fourth-order valence-corrected chi connectivity index (χ4v) is 2.38. The van der Waals surface area contributed by atoms with Gasteiger partial charge in [0, 0.05) is 38.3 Å². The molecule has 0 aromatic heterocycles. The van der Waals surface area contributed by atoms with E-state index in [1.54, 1.807) is 21.9 Å². The van der Waals surface area contributed by atoms with Crippen molar-refractivity contribution < 1.29 is 14.3 Å². The van der Waals surface area contributed by atoms with Crippen molar-refractivity contribution in [3.8, 4) is 0 Å². The number of amides is 2. The van der Waals surface area contributed by atoms with Gasteiger partial charge in [-0.15, -0.1) is 0 Å². The minimum atomic E-state index is -0.505. The van der Waals surface area contributed by atoms with Crippen LogP contribution in [0.3, 0.4) is 0 Å². The van der Waals surface area contributed by atoms with Crippen LogP contribution in [0, 0.1) is 0 Å². The van der Waals surface area contributed by atoms with Gasteiger partial charge in [0.25, 0.3) is 5.91 Å². The molecule has 2 amide bonds. The Balaban J connectivity index is 1.90. The van der Waals surface area contributed by atoms with Crippen LogP contribution in [-0.4, -0.2) is 53.6 Å². The van der Waals surface area contributed by atoms with Crippen molar-refractivity contribution in [2.75, 3.05) is 26.2 Å². The highest BCUT2D eigenvalue weighted by molar-refractivity contribution is 5.94. The highest BCUT2D eigenvalue weighted by Gasteiger charge is 2.27. The first kappa shape index (κ1) is 17.3. The largest absolute Gasteiger partial charge is 0.444 e. The number of benzene rings is 1. The van der Waals surface area contributed by atoms with Gasteiger partial charge in [-0.05, 0) is 38.5 Å². The minimum absolute atomic E-state index is 0.0163. The molecule has 1 aromatic rings. The molecule has 1 aliphatic heterocycles. The quantitative estimate of drug-likeness (QED) is 0.902. The summed E-state index contributed by atoms with van der Waals surface area (Å²) in [6.07, 6.45) is -0.322. The zero-order valence-corrected chi connectivity index (χ0v) is 14.0. The van der Waals surface area contributed by atoms with E-state index >= 15 is 0 Å². The molecule has 126 valence electrons. The van der Waals surface area contributed by atoms with Crippen LogP contribution in [0.15, 0.2) is 24.3 Å². The Morgan fingerprint density at radius 3 is 2.04 bits per heavy atom. The van der Waals surface area contributed by atoms with Gasteiger partial charge in [0.15, 0.2) is 0 Å². The predicted molar refractivity (Wildman–Crippen MR) is 88.0 cm³/mol. The zero-order valence-electron chi connectivity index (χ0n) is 14.0. The van der Waals surface area contributed by atoms with Gasteiger partial charge >= 0.3 is 6.09 Å². The summed E-state index contributed by atoms with van der Waals surface area (Å²) in [6.45, 7) is 7.99. The molecule has 1 aliphatic rings. The third-order valence-corrected chi connectivity index (χ3v) is 3.66. The molecule has 2 rings (SSSR count). The fraction of sp³-hybridized carbons (Fsp3) is 0.529. The van der Waals surface area contributed by atoms with Gasteiger partial charge in [-0.1, -0.05) is 12.1 Å². The lowest BCUT2D eigenvalue weighted by molar-refractivity contribution is 0.0141. The van der Waals surface area contributed by atoms with E-state index in [0.717, 1.165) is 5.56 Å². The second kappa shape index (κ2) is 7.00. The topological polar surface area (TPSA) is 75.9 Å². The van der Waals surface area contributed by atoms with Crippen LogP contribution in [0.1, 0.15) is 36.7 Å². The lowest BCUT2D eigenvalue weighted by Gasteiger charge is -2.35. The Morgan fingerprint density at radius 2 is 1.57 bits per heavy atom. The van der Waals surface area contributed by atoms with E-state index in [2.05, 4.69) is 0 Å². The average molecular weight is 319 g/mol. The molecule has 1 fully saturated rings. The van der Waals surface area contributed by atoms with Gasteiger partial charge in [-0.3, -0.25) is 4.79 Å². The predicted octanol–water partition coefficient (Wildman–Crippen LogP) is 1.84. The van der Waals surface area contributed by atoms with Crippen LogP contribution >= 0.6 is 0 Å². The Hall–Kier alpha value is -2.08. The highest BCUT2D eigenvalue weighted by Crippen LogP contribution is 2.14. The molecule has 0 aliphatic carbocycles. The van der Waals surface area contributed by atoms with Crippen LogP contribution in [0.25, 0.3) is 0 Å². The molecule has 6 heteroatoms. The molecule has 1 aromatic carbocycles. The summed E-state index contributed by atoms with van der Waals surface area (Å²) in [4.78, 5) is 27.9. The standard InChI is InChI=1S/C17H25N3O3/c1-17(2,3)23-16(22)20-10-8-19(9-11-20)15(21)14-6-4-13(12-18)5-7-14/h4-7H,8-12,18H2,1-3H3. The van der Waals surface area contributed by atoms with Crippen molar-refractivity contribution in [1.29, 1.82) is 0 Å². The summed E-state index contributed by atoms with van der Waals surface area (Å²) in [5.41, 5.74) is 6.70. The number of hydrogen-bond donors (Lipinski definition) is 1. The number of rotatable bonds is 2. The second-order valence-corrected chi connectivity index (χ2v) is 6.66. The van der Waals surface area contributed by atoms with Crippen molar-refractivity contribution in [3.63, 3.8) is 0 Å². The van der Waals surface area contributed by atoms with Crippen LogP contribution in [0.4, 0.5) is 4.79 Å². The second-order valence-electron chi connectivity index (χ2n) is 6.66. The Morgan fingerprint density at radius 1 is 1.04 bits per heavy atom. The summed E-state index contributed by atoms with van der Waals surface area (Å²) in [5, 5.41) is 0. The zero-order chi connectivity index (χ0) is 17.0. The summed E-state index contributed by atoms with van der Waals surface area (Å²) in [5.74, 6) is -0.0163. The van der Waals surface area contributed by atoms with Crippen LogP contribution in [-0.2, 0) is 11.3 Å². The number of ether oxygens (including phenoxy) is 1. The van der Waals surface area contributed by atoms with E-state index < -0.39 is 5.60 Å². The molecule has 0 saturated carbocycles. The van der Waals surface area contributed by atoms with Gasteiger partial charge in [-0.25, -0.2) is 4.79 Å². The lowest BCUT2D eigenvalue weighted by atomic mass is 10.1. The molecule has 0 unspecified atom stereocenters. The molecule has 0 atom stereocenters. The summed E-state index contributed by atoms with van der Waals surface area (Å²) >= 11 is 0. The molecule has 0 spiro atoms. The minimum Gasteiger partial charge on any atom is -0.444 e. The lowest BCUT2D eigenvalue weighted by Crippen LogP contribution is -2.51. The maximum Gasteiger partial charge on any atom is 0.410 e. The monoisotopic (exact) mass is 319 g/mol. The molecule has 23 heavy (non-hydrogen) atoms. The Kier molecular flexibility index (Phi) is 5.26. The fourth-order valence-electron chi connectivity index (χ4n) is 2.38. The Bertz CT molecular complexity index is 555. The van der Waals surface area contributed by atoms with Gasteiger partial charge in [0.2, 0.25) is 0 Å². The van der Waals surface area contributed by atoms with Gasteiger partial charge in [-0.2, -0.15) is 0 Å². The maximum absolute atomic E-state index is 12.5. The number of hydrogen-bond acceptors (Lipinski definition) is 4. The van der Waals surface area contributed by atoms with Crippen LogP contribution in [0.2, 0.25) is 0 Å². The van der Waals surface area contributed by atoms with Crippen molar-refractivity contribution in [2.24, 2.45) is 5.73 Å². The van der Waals surface area contributed by atoms with Crippen LogP contribution < -0.4 is 5.73 Å². The molecule has 2 N–H and O–H groups in total. The highest BCUT2D eigenvalue weighted by atomic mass is 16.6. The Labute approximate surface area is 137 Å². The SMILES string of the molecule is CC(C)(C)OC(=O)N1CCN(C(=O)c2ccc(CN)cc2)CC1. The van der Waals surface area contributed by atoms with E-state index in [0.29, 0.717) is 38.3 Å². The number of piperazine rings is 1. The van der Waals surface area contributed by atoms with E-state index in [1.807, 2.05) is 32.9 Å². The normalized spacial score (nSPS) is 15.5. The third kappa shape index (κ3) is 4.69. The molecule has 0 radical (unpaired) electrons. The van der Waals surface area contributed by atoms with Crippen molar-refractivity contribution in [3.05, 3.63) is 35.4 Å². The molecular formula is C17H25N3O3. The summed E-state index contributed by atoms with van der Waals surface area (Å²) < 4.78 is 5.35. The molecular weight excluding hydrogens is 294 g/mol. The van der Waals surface area contributed by atoms with Crippen molar-refractivity contribution >= 4 is 12.0 Å². The molecule has 6 nitrogen and oxygen atoms in total. The first-order chi connectivity index (χ1) is 10.8. The number of nitrogens with two attached hydrogens (primary N) is 1. The summed E-state index contributed by atoms with van der Waals surface area (Å²) in [6, 6.07) is 7.32. The molecule has 1 saturated heterocycles. The van der Waals surface area contributed by atoms with Gasteiger partial charge < -0.3 is 20.3 Å². The first-order valence-corrected chi connectivity index (χ1v) is 7.86. The molecule has 1 heterocycles. The first-order valence-electron chi connectivity index (χ1n) is 7.86.